The fraction of sp³-hybridized carbons (Fsp3) is 0.273. The molecule has 0 aliphatic heterocycles. The van der Waals surface area contributed by atoms with Crippen LogP contribution in [0.25, 0.3) is 0 Å². The molecular weight excluding hydrogens is 242 g/mol. The second kappa shape index (κ2) is 5.05. The van der Waals surface area contributed by atoms with E-state index in [9.17, 15) is 0 Å². The molecule has 0 radical (unpaired) electrons. The minimum atomic E-state index is 0.207. The Morgan fingerprint density at radius 2 is 2.24 bits per heavy atom. The number of alkyl halides is 1. The number of aromatic nitrogens is 2. The lowest BCUT2D eigenvalue weighted by Crippen LogP contribution is -2.09. The van der Waals surface area contributed by atoms with Crippen molar-refractivity contribution in [3.8, 4) is 5.75 Å². The Balaban J connectivity index is 2.26. The van der Waals surface area contributed by atoms with Crippen LogP contribution in [-0.2, 0) is 5.88 Å². The van der Waals surface area contributed by atoms with Crippen molar-refractivity contribution >= 4 is 23.3 Å². The van der Waals surface area contributed by atoms with Gasteiger partial charge in [-0.1, -0.05) is 11.2 Å². The van der Waals surface area contributed by atoms with Crippen molar-refractivity contribution in [1.82, 2.24) is 10.2 Å². The number of nitrogens with zero attached hydrogens (tertiary/aromatic N) is 3. The fourth-order valence-electron chi connectivity index (χ4n) is 1.36. The highest BCUT2D eigenvalue weighted by molar-refractivity contribution is 6.16. The Bertz CT molecular complexity index is 501. The molecule has 0 atom stereocenters. The van der Waals surface area contributed by atoms with Crippen molar-refractivity contribution in [2.45, 2.75) is 5.88 Å². The number of methoxy groups -OCH3 is 1. The molecule has 0 bridgehead atoms. The van der Waals surface area contributed by atoms with Gasteiger partial charge in [0.1, 0.15) is 11.6 Å². The monoisotopic (exact) mass is 253 g/mol. The first kappa shape index (κ1) is 11.7. The molecule has 2 rings (SSSR count). The van der Waals surface area contributed by atoms with Crippen LogP contribution in [0.15, 0.2) is 28.7 Å². The first-order chi connectivity index (χ1) is 8.24. The van der Waals surface area contributed by atoms with Gasteiger partial charge in [-0.25, -0.2) is 0 Å². The molecule has 0 amide bonds. The number of halogens is 1. The molecule has 0 aliphatic carbocycles. The lowest BCUT2D eigenvalue weighted by molar-refractivity contribution is 0.415. The molecule has 17 heavy (non-hydrogen) atoms. The molecule has 1 aromatic carbocycles. The number of benzene rings is 1. The molecule has 1 heterocycles. The maximum atomic E-state index is 5.60. The summed E-state index contributed by atoms with van der Waals surface area (Å²) in [4.78, 5) is 1.77. The van der Waals surface area contributed by atoms with E-state index in [-0.39, 0.29) is 5.88 Å². The first-order valence-corrected chi connectivity index (χ1v) is 5.54. The Hall–Kier alpha value is -1.75. The smallest absolute Gasteiger partial charge is 0.322 e. The molecule has 90 valence electrons. The lowest BCUT2D eigenvalue weighted by Gasteiger charge is -2.14. The summed E-state index contributed by atoms with van der Waals surface area (Å²) >= 11 is 5.60. The van der Waals surface area contributed by atoms with E-state index >= 15 is 0 Å². The molecule has 1 aromatic heterocycles. The maximum Gasteiger partial charge on any atom is 0.322 e. The average Bonchev–Trinajstić information content (AvgIpc) is 2.86. The summed E-state index contributed by atoms with van der Waals surface area (Å²) < 4.78 is 10.5. The highest BCUT2D eigenvalue weighted by Gasteiger charge is 2.12. The third kappa shape index (κ3) is 2.50. The van der Waals surface area contributed by atoms with Crippen LogP contribution in [-0.4, -0.2) is 24.4 Å². The van der Waals surface area contributed by atoms with Crippen molar-refractivity contribution in [3.63, 3.8) is 0 Å². The van der Waals surface area contributed by atoms with Crippen LogP contribution >= 0.6 is 11.6 Å². The average molecular weight is 254 g/mol. The van der Waals surface area contributed by atoms with Gasteiger partial charge in [0.05, 0.1) is 7.11 Å². The molecule has 5 nitrogen and oxygen atoms in total. The van der Waals surface area contributed by atoms with Crippen LogP contribution in [0.4, 0.5) is 11.7 Å². The van der Waals surface area contributed by atoms with Crippen LogP contribution in [0.2, 0.25) is 0 Å². The Morgan fingerprint density at radius 1 is 1.41 bits per heavy atom. The third-order valence-electron chi connectivity index (χ3n) is 2.30. The summed E-state index contributed by atoms with van der Waals surface area (Å²) in [5.41, 5.74) is 0.897. The molecule has 0 unspecified atom stereocenters. The van der Waals surface area contributed by atoms with E-state index in [1.165, 1.54) is 0 Å². The summed E-state index contributed by atoms with van der Waals surface area (Å²) in [6.07, 6.45) is 0. The third-order valence-corrected chi connectivity index (χ3v) is 2.53. The summed E-state index contributed by atoms with van der Waals surface area (Å²) in [6.45, 7) is 0. The molecule has 0 saturated carbocycles. The number of hydrogen-bond donors (Lipinski definition) is 0. The van der Waals surface area contributed by atoms with Crippen molar-refractivity contribution in [1.29, 1.82) is 0 Å². The number of ether oxygens (including phenoxy) is 1. The molecule has 0 spiro atoms. The van der Waals surface area contributed by atoms with Gasteiger partial charge in [0, 0.05) is 18.8 Å². The van der Waals surface area contributed by atoms with Gasteiger partial charge >= 0.3 is 6.01 Å². The predicted molar refractivity (Wildman–Crippen MR) is 64.9 cm³/mol. The topological polar surface area (TPSA) is 51.4 Å². The van der Waals surface area contributed by atoms with Gasteiger partial charge in [0.25, 0.3) is 0 Å². The van der Waals surface area contributed by atoms with Crippen LogP contribution in [0.5, 0.6) is 5.75 Å². The summed E-state index contributed by atoms with van der Waals surface area (Å²) in [7, 11) is 3.46. The molecule has 0 fully saturated rings. The van der Waals surface area contributed by atoms with E-state index in [1.807, 2.05) is 31.3 Å². The second-order valence-corrected chi connectivity index (χ2v) is 3.64. The van der Waals surface area contributed by atoms with Crippen LogP contribution in [0.1, 0.15) is 5.89 Å². The van der Waals surface area contributed by atoms with Gasteiger partial charge in [-0.2, -0.15) is 0 Å². The summed E-state index contributed by atoms with van der Waals surface area (Å²) in [5, 5.41) is 7.71. The molecular formula is C11H12ClN3O2. The molecule has 0 N–H and O–H groups in total. The van der Waals surface area contributed by atoms with Crippen LogP contribution < -0.4 is 9.64 Å². The fourth-order valence-corrected chi connectivity index (χ4v) is 1.47. The Labute approximate surface area is 104 Å². The van der Waals surface area contributed by atoms with Gasteiger partial charge in [0.2, 0.25) is 5.89 Å². The Kier molecular flexibility index (Phi) is 3.49. The minimum Gasteiger partial charge on any atom is -0.497 e. The number of anilines is 2. The van der Waals surface area contributed by atoms with Gasteiger partial charge in [0.15, 0.2) is 0 Å². The number of hydrogen-bond acceptors (Lipinski definition) is 5. The van der Waals surface area contributed by atoms with E-state index in [0.29, 0.717) is 11.9 Å². The quantitative estimate of drug-likeness (QED) is 0.784. The first-order valence-electron chi connectivity index (χ1n) is 5.00. The largest absolute Gasteiger partial charge is 0.497 e. The van der Waals surface area contributed by atoms with Gasteiger partial charge in [-0.05, 0) is 12.1 Å². The van der Waals surface area contributed by atoms with Gasteiger partial charge in [-0.15, -0.1) is 16.7 Å². The van der Waals surface area contributed by atoms with Crippen molar-refractivity contribution in [3.05, 3.63) is 30.2 Å². The van der Waals surface area contributed by atoms with Crippen LogP contribution in [0, 0.1) is 0 Å². The van der Waals surface area contributed by atoms with Crippen molar-refractivity contribution < 1.29 is 9.15 Å². The van der Waals surface area contributed by atoms with Gasteiger partial charge in [-0.3, -0.25) is 4.90 Å². The molecule has 2 aromatic rings. The van der Waals surface area contributed by atoms with E-state index in [4.69, 9.17) is 20.8 Å². The Morgan fingerprint density at radius 3 is 2.88 bits per heavy atom. The highest BCUT2D eigenvalue weighted by atomic mass is 35.5. The molecule has 0 saturated heterocycles. The lowest BCUT2D eigenvalue weighted by atomic mass is 10.3. The van der Waals surface area contributed by atoms with Crippen molar-refractivity contribution in [2.75, 3.05) is 19.1 Å². The van der Waals surface area contributed by atoms with E-state index in [2.05, 4.69) is 10.2 Å². The second-order valence-electron chi connectivity index (χ2n) is 3.37. The zero-order chi connectivity index (χ0) is 12.3. The van der Waals surface area contributed by atoms with Crippen LogP contribution in [0.3, 0.4) is 0 Å². The normalized spacial score (nSPS) is 10.3. The summed E-state index contributed by atoms with van der Waals surface area (Å²) in [6, 6.07) is 7.96. The van der Waals surface area contributed by atoms with Gasteiger partial charge < -0.3 is 9.15 Å². The van der Waals surface area contributed by atoms with E-state index in [1.54, 1.807) is 12.0 Å². The standard InChI is InChI=1S/C11H12ClN3O2/c1-15(11-14-13-10(7-12)17-11)8-4-3-5-9(6-8)16-2/h3-6H,7H2,1-2H3. The summed E-state index contributed by atoms with van der Waals surface area (Å²) in [5.74, 6) is 1.38. The molecule has 0 aliphatic rings. The SMILES string of the molecule is COc1cccc(N(C)c2nnc(CCl)o2)c1. The maximum absolute atomic E-state index is 5.60. The zero-order valence-electron chi connectivity index (χ0n) is 9.55. The number of rotatable bonds is 4. The van der Waals surface area contributed by atoms with E-state index in [0.717, 1.165) is 11.4 Å². The van der Waals surface area contributed by atoms with Crippen molar-refractivity contribution in [2.24, 2.45) is 0 Å². The minimum absolute atomic E-state index is 0.207. The predicted octanol–water partition coefficient (Wildman–Crippen LogP) is 2.58. The molecule has 6 heteroatoms. The zero-order valence-corrected chi connectivity index (χ0v) is 10.3. The highest BCUT2D eigenvalue weighted by Crippen LogP contribution is 2.25. The van der Waals surface area contributed by atoms with E-state index < -0.39 is 0 Å².